The van der Waals surface area contributed by atoms with Crippen LogP contribution in [-0.2, 0) is 13.6 Å². The minimum absolute atomic E-state index is 0.0517. The third-order valence-corrected chi connectivity index (χ3v) is 4.46. The SMILES string of the molecule is Cc1ccc(CN(C)C(=O)c2ccc3ccn(C)c3n2)s1. The maximum Gasteiger partial charge on any atom is 0.272 e. The Kier molecular flexibility index (Phi) is 3.51. The predicted molar refractivity (Wildman–Crippen MR) is 85.6 cm³/mol. The number of aryl methyl sites for hydroxylation is 2. The van der Waals surface area contributed by atoms with Gasteiger partial charge in [0.05, 0.1) is 6.54 Å². The van der Waals surface area contributed by atoms with E-state index < -0.39 is 0 Å². The van der Waals surface area contributed by atoms with Crippen molar-refractivity contribution in [2.24, 2.45) is 7.05 Å². The summed E-state index contributed by atoms with van der Waals surface area (Å²) in [7, 11) is 3.75. The second-order valence-corrected chi connectivity index (χ2v) is 6.58. The van der Waals surface area contributed by atoms with E-state index in [1.807, 2.05) is 37.0 Å². The van der Waals surface area contributed by atoms with Crippen molar-refractivity contribution in [3.63, 3.8) is 0 Å². The van der Waals surface area contributed by atoms with Gasteiger partial charge in [0.25, 0.3) is 5.91 Å². The average Bonchev–Trinajstić information content (AvgIpc) is 3.04. The predicted octanol–water partition coefficient (Wildman–Crippen LogP) is 3.22. The van der Waals surface area contributed by atoms with Gasteiger partial charge in [0.15, 0.2) is 0 Å². The first-order valence-electron chi connectivity index (χ1n) is 6.77. The molecule has 0 saturated heterocycles. The zero-order chi connectivity index (χ0) is 15.0. The molecule has 0 aliphatic heterocycles. The van der Waals surface area contributed by atoms with Crippen LogP contribution in [-0.4, -0.2) is 27.4 Å². The third-order valence-electron chi connectivity index (χ3n) is 3.47. The van der Waals surface area contributed by atoms with E-state index in [1.165, 1.54) is 9.75 Å². The van der Waals surface area contributed by atoms with Crippen molar-refractivity contribution in [2.45, 2.75) is 13.5 Å². The lowest BCUT2D eigenvalue weighted by Gasteiger charge is -2.15. The van der Waals surface area contributed by atoms with Crippen LogP contribution < -0.4 is 0 Å². The van der Waals surface area contributed by atoms with Gasteiger partial charge in [0, 0.05) is 35.4 Å². The quantitative estimate of drug-likeness (QED) is 0.745. The minimum atomic E-state index is -0.0517. The molecule has 3 heterocycles. The first kappa shape index (κ1) is 13.8. The second kappa shape index (κ2) is 5.33. The van der Waals surface area contributed by atoms with E-state index in [0.29, 0.717) is 12.2 Å². The van der Waals surface area contributed by atoms with Crippen molar-refractivity contribution in [3.8, 4) is 0 Å². The Morgan fingerprint density at radius 3 is 2.81 bits per heavy atom. The van der Waals surface area contributed by atoms with Crippen LogP contribution in [0.3, 0.4) is 0 Å². The van der Waals surface area contributed by atoms with Gasteiger partial charge in [-0.1, -0.05) is 0 Å². The van der Waals surface area contributed by atoms with Crippen LogP contribution in [0, 0.1) is 6.92 Å². The molecule has 21 heavy (non-hydrogen) atoms. The maximum atomic E-state index is 12.5. The van der Waals surface area contributed by atoms with E-state index >= 15 is 0 Å². The van der Waals surface area contributed by atoms with Crippen LogP contribution >= 0.6 is 11.3 Å². The van der Waals surface area contributed by atoms with Crippen LogP contribution in [0.15, 0.2) is 36.5 Å². The van der Waals surface area contributed by atoms with Gasteiger partial charge in [-0.3, -0.25) is 4.79 Å². The van der Waals surface area contributed by atoms with Gasteiger partial charge in [-0.15, -0.1) is 11.3 Å². The fraction of sp³-hybridized carbons (Fsp3) is 0.250. The highest BCUT2D eigenvalue weighted by Crippen LogP contribution is 2.18. The Balaban J connectivity index is 1.83. The molecule has 3 rings (SSSR count). The summed E-state index contributed by atoms with van der Waals surface area (Å²) in [5, 5.41) is 1.05. The first-order valence-corrected chi connectivity index (χ1v) is 7.59. The molecule has 0 unspecified atom stereocenters. The summed E-state index contributed by atoms with van der Waals surface area (Å²) in [6, 6.07) is 9.87. The number of nitrogens with zero attached hydrogens (tertiary/aromatic N) is 3. The molecule has 3 aromatic heterocycles. The van der Waals surface area contributed by atoms with E-state index in [1.54, 1.807) is 22.3 Å². The van der Waals surface area contributed by atoms with E-state index in [9.17, 15) is 4.79 Å². The normalized spacial score (nSPS) is 11.0. The molecular formula is C16H17N3OS. The first-order chi connectivity index (χ1) is 10.0. The number of thiophene rings is 1. The number of rotatable bonds is 3. The zero-order valence-corrected chi connectivity index (χ0v) is 13.1. The Morgan fingerprint density at radius 2 is 2.10 bits per heavy atom. The van der Waals surface area contributed by atoms with Crippen LogP contribution in [0.1, 0.15) is 20.2 Å². The summed E-state index contributed by atoms with van der Waals surface area (Å²) in [5.41, 5.74) is 1.32. The van der Waals surface area contributed by atoms with Crippen LogP contribution in [0.2, 0.25) is 0 Å². The number of fused-ring (bicyclic) bond motifs is 1. The number of aromatic nitrogens is 2. The Morgan fingerprint density at radius 1 is 1.29 bits per heavy atom. The summed E-state index contributed by atoms with van der Waals surface area (Å²) in [5.74, 6) is -0.0517. The van der Waals surface area contributed by atoms with Crippen LogP contribution in [0.5, 0.6) is 0 Å². The Labute approximate surface area is 127 Å². The number of carbonyl (C=O) groups is 1. The molecule has 0 aliphatic carbocycles. The summed E-state index contributed by atoms with van der Waals surface area (Å²) in [6.07, 6.45) is 1.95. The van der Waals surface area contributed by atoms with Crippen molar-refractivity contribution in [1.29, 1.82) is 0 Å². The number of carbonyl (C=O) groups excluding carboxylic acids is 1. The molecule has 108 valence electrons. The van der Waals surface area contributed by atoms with Gasteiger partial charge in [-0.25, -0.2) is 4.98 Å². The van der Waals surface area contributed by atoms with E-state index in [2.05, 4.69) is 24.0 Å². The lowest BCUT2D eigenvalue weighted by atomic mass is 10.2. The second-order valence-electron chi connectivity index (χ2n) is 5.21. The highest BCUT2D eigenvalue weighted by Gasteiger charge is 2.15. The fourth-order valence-electron chi connectivity index (χ4n) is 2.32. The zero-order valence-electron chi connectivity index (χ0n) is 12.3. The lowest BCUT2D eigenvalue weighted by molar-refractivity contribution is 0.0781. The summed E-state index contributed by atoms with van der Waals surface area (Å²) < 4.78 is 1.93. The number of pyridine rings is 1. The highest BCUT2D eigenvalue weighted by atomic mass is 32.1. The molecular weight excluding hydrogens is 282 g/mol. The van der Waals surface area contributed by atoms with Crippen molar-refractivity contribution in [3.05, 3.63) is 52.0 Å². The average molecular weight is 299 g/mol. The highest BCUT2D eigenvalue weighted by molar-refractivity contribution is 7.11. The molecule has 0 aliphatic rings. The van der Waals surface area contributed by atoms with Crippen molar-refractivity contribution < 1.29 is 4.79 Å². The van der Waals surface area contributed by atoms with E-state index in [4.69, 9.17) is 0 Å². The van der Waals surface area contributed by atoms with Gasteiger partial charge in [-0.05, 0) is 37.3 Å². The van der Waals surface area contributed by atoms with Gasteiger partial charge in [0.1, 0.15) is 11.3 Å². The Bertz CT molecular complexity index is 803. The minimum Gasteiger partial charge on any atom is -0.336 e. The molecule has 0 saturated carbocycles. The molecule has 1 amide bonds. The van der Waals surface area contributed by atoms with Crippen LogP contribution in [0.25, 0.3) is 11.0 Å². The standard InChI is InChI=1S/C16H17N3OS/c1-11-4-6-13(21-11)10-19(3)16(20)14-7-5-12-8-9-18(2)15(12)17-14/h4-9H,10H2,1-3H3. The monoisotopic (exact) mass is 299 g/mol. The number of amides is 1. The van der Waals surface area contributed by atoms with Crippen molar-refractivity contribution >= 4 is 28.3 Å². The van der Waals surface area contributed by atoms with Crippen molar-refractivity contribution in [1.82, 2.24) is 14.5 Å². The molecule has 0 N–H and O–H groups in total. The molecule has 0 fully saturated rings. The summed E-state index contributed by atoms with van der Waals surface area (Å²) >= 11 is 1.72. The van der Waals surface area contributed by atoms with Gasteiger partial charge < -0.3 is 9.47 Å². The summed E-state index contributed by atoms with van der Waals surface area (Å²) in [4.78, 5) is 21.1. The molecule has 0 radical (unpaired) electrons. The lowest BCUT2D eigenvalue weighted by Crippen LogP contribution is -2.26. The number of hydrogen-bond acceptors (Lipinski definition) is 3. The van der Waals surface area contributed by atoms with Crippen LogP contribution in [0.4, 0.5) is 0 Å². The number of hydrogen-bond donors (Lipinski definition) is 0. The van der Waals surface area contributed by atoms with Gasteiger partial charge >= 0.3 is 0 Å². The fourth-order valence-corrected chi connectivity index (χ4v) is 3.27. The van der Waals surface area contributed by atoms with E-state index in [0.717, 1.165) is 11.0 Å². The van der Waals surface area contributed by atoms with Gasteiger partial charge in [0.2, 0.25) is 0 Å². The smallest absolute Gasteiger partial charge is 0.272 e. The molecule has 0 bridgehead atoms. The molecule has 4 nitrogen and oxygen atoms in total. The molecule has 3 aromatic rings. The Hall–Kier alpha value is -2.14. The topological polar surface area (TPSA) is 38.1 Å². The molecule has 5 heteroatoms. The van der Waals surface area contributed by atoms with E-state index in [-0.39, 0.29) is 5.91 Å². The molecule has 0 atom stereocenters. The molecule has 0 aromatic carbocycles. The summed E-state index contributed by atoms with van der Waals surface area (Å²) in [6.45, 7) is 2.69. The van der Waals surface area contributed by atoms with Crippen molar-refractivity contribution in [2.75, 3.05) is 7.05 Å². The maximum absolute atomic E-state index is 12.5. The van der Waals surface area contributed by atoms with Gasteiger partial charge in [-0.2, -0.15) is 0 Å². The third kappa shape index (κ3) is 2.69. The molecule has 0 spiro atoms. The largest absolute Gasteiger partial charge is 0.336 e.